The number of nitrogens with zero attached hydrogens (tertiary/aromatic N) is 1. The van der Waals surface area contributed by atoms with E-state index in [4.69, 9.17) is 9.15 Å². The molecule has 1 aliphatic heterocycles. The standard InChI is InChI=1S/C20H23NO6/c1-12-14-7-6-13(26-2)11-17(14)27-20(25)15(12)8-9-18(22)21-10-4-3-5-16(21)19(23)24/h6-7,11,16H,3-5,8-10H2,1-2H3,(H,23,24). The molecular weight excluding hydrogens is 350 g/mol. The van der Waals surface area contributed by atoms with E-state index in [0.29, 0.717) is 29.9 Å². The number of carbonyl (C=O) groups is 2. The summed E-state index contributed by atoms with van der Waals surface area (Å²) in [5, 5.41) is 10.1. The third-order valence-corrected chi connectivity index (χ3v) is 5.19. The Morgan fingerprint density at radius 3 is 2.81 bits per heavy atom. The zero-order valence-corrected chi connectivity index (χ0v) is 15.5. The molecule has 1 aromatic carbocycles. The highest BCUT2D eigenvalue weighted by Gasteiger charge is 2.31. The number of carboxylic acid groups (broad SMARTS) is 1. The fourth-order valence-electron chi connectivity index (χ4n) is 3.65. The largest absolute Gasteiger partial charge is 0.497 e. The van der Waals surface area contributed by atoms with Gasteiger partial charge in [-0.25, -0.2) is 9.59 Å². The number of carbonyl (C=O) groups excluding carboxylic acids is 1. The van der Waals surface area contributed by atoms with E-state index in [1.54, 1.807) is 12.1 Å². The van der Waals surface area contributed by atoms with Crippen molar-refractivity contribution in [2.24, 2.45) is 0 Å². The van der Waals surface area contributed by atoms with E-state index in [1.807, 2.05) is 13.0 Å². The van der Waals surface area contributed by atoms with E-state index in [1.165, 1.54) is 12.0 Å². The summed E-state index contributed by atoms with van der Waals surface area (Å²) in [5.41, 5.74) is 1.18. The van der Waals surface area contributed by atoms with Crippen molar-refractivity contribution in [2.75, 3.05) is 13.7 Å². The van der Waals surface area contributed by atoms with Crippen LogP contribution in [-0.2, 0) is 16.0 Å². The number of carboxylic acids is 1. The number of hydrogen-bond acceptors (Lipinski definition) is 5. The van der Waals surface area contributed by atoms with Crippen molar-refractivity contribution in [3.8, 4) is 5.75 Å². The van der Waals surface area contributed by atoms with Crippen LogP contribution in [0.1, 0.15) is 36.8 Å². The van der Waals surface area contributed by atoms with Gasteiger partial charge in [0.15, 0.2) is 0 Å². The maximum atomic E-state index is 12.6. The molecule has 1 aliphatic rings. The first-order valence-electron chi connectivity index (χ1n) is 9.05. The summed E-state index contributed by atoms with van der Waals surface area (Å²) in [6.07, 6.45) is 2.38. The molecule has 1 fully saturated rings. The van der Waals surface area contributed by atoms with E-state index in [-0.39, 0.29) is 18.7 Å². The SMILES string of the molecule is COc1ccc2c(C)c(CCC(=O)N3CCCCC3C(=O)O)c(=O)oc2c1. The Labute approximate surface area is 156 Å². The van der Waals surface area contributed by atoms with Crippen LogP contribution in [0.5, 0.6) is 5.75 Å². The zero-order valence-electron chi connectivity index (χ0n) is 15.5. The highest BCUT2D eigenvalue weighted by Crippen LogP contribution is 2.25. The predicted molar refractivity (Wildman–Crippen MR) is 99.1 cm³/mol. The van der Waals surface area contributed by atoms with Crippen molar-refractivity contribution in [1.29, 1.82) is 0 Å². The molecule has 2 heterocycles. The number of aryl methyl sites for hydroxylation is 1. The molecule has 0 bridgehead atoms. The Morgan fingerprint density at radius 2 is 2.11 bits per heavy atom. The van der Waals surface area contributed by atoms with Crippen LogP contribution in [0.4, 0.5) is 0 Å². The number of rotatable bonds is 5. The summed E-state index contributed by atoms with van der Waals surface area (Å²) >= 11 is 0. The highest BCUT2D eigenvalue weighted by atomic mass is 16.5. The fourth-order valence-corrected chi connectivity index (χ4v) is 3.65. The number of methoxy groups -OCH3 is 1. The minimum atomic E-state index is -0.974. The minimum Gasteiger partial charge on any atom is -0.497 e. The topological polar surface area (TPSA) is 97.0 Å². The van der Waals surface area contributed by atoms with Crippen molar-refractivity contribution in [2.45, 2.75) is 45.1 Å². The molecule has 0 aliphatic carbocycles. The quantitative estimate of drug-likeness (QED) is 0.809. The first-order valence-corrected chi connectivity index (χ1v) is 9.05. The molecule has 144 valence electrons. The summed E-state index contributed by atoms with van der Waals surface area (Å²) in [4.78, 5) is 37.8. The second kappa shape index (κ2) is 7.82. The molecule has 3 rings (SSSR count). The number of piperidine rings is 1. The number of hydrogen-bond donors (Lipinski definition) is 1. The summed E-state index contributed by atoms with van der Waals surface area (Å²) < 4.78 is 10.5. The van der Waals surface area contributed by atoms with Crippen molar-refractivity contribution in [3.05, 3.63) is 39.7 Å². The molecule has 2 aromatic rings. The lowest BCUT2D eigenvalue weighted by atomic mass is 9.99. The number of aliphatic carboxylic acids is 1. The highest BCUT2D eigenvalue weighted by molar-refractivity contribution is 5.85. The van der Waals surface area contributed by atoms with E-state index in [2.05, 4.69) is 0 Å². The zero-order chi connectivity index (χ0) is 19.6. The molecule has 1 aromatic heterocycles. The van der Waals surface area contributed by atoms with Gasteiger partial charge in [-0.15, -0.1) is 0 Å². The second-order valence-corrected chi connectivity index (χ2v) is 6.79. The molecule has 1 atom stereocenters. The molecular formula is C20H23NO6. The van der Waals surface area contributed by atoms with Crippen LogP contribution in [-0.4, -0.2) is 41.6 Å². The van der Waals surface area contributed by atoms with Crippen molar-refractivity contribution < 1.29 is 23.8 Å². The van der Waals surface area contributed by atoms with Crippen LogP contribution in [0.15, 0.2) is 27.4 Å². The average Bonchev–Trinajstić information content (AvgIpc) is 2.67. The molecule has 7 heteroatoms. The second-order valence-electron chi connectivity index (χ2n) is 6.79. The third kappa shape index (κ3) is 3.82. The van der Waals surface area contributed by atoms with Crippen LogP contribution in [0.3, 0.4) is 0 Å². The van der Waals surface area contributed by atoms with Crippen LogP contribution in [0.25, 0.3) is 11.0 Å². The first kappa shape index (κ1) is 18.9. The van der Waals surface area contributed by atoms with Crippen LogP contribution in [0, 0.1) is 6.92 Å². The normalized spacial score (nSPS) is 17.1. The molecule has 0 saturated carbocycles. The number of fused-ring (bicyclic) bond motifs is 1. The van der Waals surface area contributed by atoms with Gasteiger partial charge in [-0.05, 0) is 50.3 Å². The maximum absolute atomic E-state index is 12.6. The van der Waals surface area contributed by atoms with Gasteiger partial charge in [-0.1, -0.05) is 0 Å². The van der Waals surface area contributed by atoms with Gasteiger partial charge < -0.3 is 19.2 Å². The number of ether oxygens (including phenoxy) is 1. The van der Waals surface area contributed by atoms with E-state index >= 15 is 0 Å². The smallest absolute Gasteiger partial charge is 0.339 e. The Morgan fingerprint density at radius 1 is 1.33 bits per heavy atom. The van der Waals surface area contributed by atoms with Gasteiger partial charge in [-0.3, -0.25) is 4.79 Å². The van der Waals surface area contributed by atoms with Gasteiger partial charge in [0.2, 0.25) is 5.91 Å². The summed E-state index contributed by atoms with van der Waals surface area (Å²) in [6, 6.07) is 4.50. The number of likely N-dealkylation sites (tertiary alicyclic amines) is 1. The van der Waals surface area contributed by atoms with Gasteiger partial charge in [0.25, 0.3) is 0 Å². The van der Waals surface area contributed by atoms with Gasteiger partial charge in [0.05, 0.1) is 7.11 Å². The Balaban J connectivity index is 1.81. The number of amides is 1. The molecule has 1 N–H and O–H groups in total. The Kier molecular flexibility index (Phi) is 5.48. The summed E-state index contributed by atoms with van der Waals surface area (Å²) in [7, 11) is 1.54. The molecule has 1 amide bonds. The monoisotopic (exact) mass is 373 g/mol. The van der Waals surface area contributed by atoms with Crippen LogP contribution >= 0.6 is 0 Å². The van der Waals surface area contributed by atoms with E-state index in [0.717, 1.165) is 23.8 Å². The lowest BCUT2D eigenvalue weighted by molar-refractivity contribution is -0.152. The Hall–Kier alpha value is -2.83. The van der Waals surface area contributed by atoms with Crippen molar-refractivity contribution >= 4 is 22.8 Å². The molecule has 1 unspecified atom stereocenters. The van der Waals surface area contributed by atoms with Gasteiger partial charge >= 0.3 is 11.6 Å². The molecule has 0 spiro atoms. The van der Waals surface area contributed by atoms with Crippen molar-refractivity contribution in [1.82, 2.24) is 4.90 Å². The van der Waals surface area contributed by atoms with Gasteiger partial charge in [0, 0.05) is 30.0 Å². The summed E-state index contributed by atoms with van der Waals surface area (Å²) in [5.74, 6) is -0.619. The molecule has 7 nitrogen and oxygen atoms in total. The Bertz CT molecular complexity index is 932. The number of benzene rings is 1. The third-order valence-electron chi connectivity index (χ3n) is 5.19. The van der Waals surface area contributed by atoms with Crippen molar-refractivity contribution in [3.63, 3.8) is 0 Å². The maximum Gasteiger partial charge on any atom is 0.339 e. The summed E-state index contributed by atoms with van der Waals surface area (Å²) in [6.45, 7) is 2.27. The predicted octanol–water partition coefficient (Wildman–Crippen LogP) is 2.51. The lowest BCUT2D eigenvalue weighted by Crippen LogP contribution is -2.48. The molecule has 0 radical (unpaired) electrons. The first-order chi connectivity index (χ1) is 12.9. The van der Waals surface area contributed by atoms with Crippen LogP contribution in [0.2, 0.25) is 0 Å². The lowest BCUT2D eigenvalue weighted by Gasteiger charge is -2.33. The fraction of sp³-hybridized carbons (Fsp3) is 0.450. The van der Waals surface area contributed by atoms with E-state index in [9.17, 15) is 19.5 Å². The average molecular weight is 373 g/mol. The molecule has 27 heavy (non-hydrogen) atoms. The molecule has 1 saturated heterocycles. The van der Waals surface area contributed by atoms with Crippen LogP contribution < -0.4 is 10.4 Å². The minimum absolute atomic E-state index is 0.0804. The van der Waals surface area contributed by atoms with Gasteiger partial charge in [-0.2, -0.15) is 0 Å². The van der Waals surface area contributed by atoms with Gasteiger partial charge in [0.1, 0.15) is 17.4 Å². The van der Waals surface area contributed by atoms with E-state index < -0.39 is 17.6 Å².